The van der Waals surface area contributed by atoms with Gasteiger partial charge in [0.25, 0.3) is 11.8 Å². The molecule has 272 valence electrons. The number of piperazine rings is 2. The zero-order valence-corrected chi connectivity index (χ0v) is 30.0. The molecule has 12 nitrogen and oxygen atoms in total. The third-order valence-electron chi connectivity index (χ3n) is 10.2. The Balaban J connectivity index is 1.30. The largest absolute Gasteiger partial charge is 0.478 e. The van der Waals surface area contributed by atoms with Gasteiger partial charge in [0.15, 0.2) is 5.78 Å². The minimum absolute atomic E-state index is 0.0518. The summed E-state index contributed by atoms with van der Waals surface area (Å²) >= 11 is 0. The molecule has 0 aromatic heterocycles. The van der Waals surface area contributed by atoms with Gasteiger partial charge < -0.3 is 30.0 Å². The van der Waals surface area contributed by atoms with Crippen LogP contribution in [0.4, 0.5) is 5.69 Å². The Hall–Kier alpha value is -5.52. The number of fused-ring (bicyclic) bond motifs is 1. The minimum Gasteiger partial charge on any atom is -0.478 e. The SMILES string of the molecule is CC(C)C(=O)N1CCN(C(=O)c2cccc(C3Nc4cccc(C(=O)O)c4C(=O)C3c3cccc(C(=O)N4CCN(C(=O)C(C)C)CC4)c3)c2)CC1. The maximum atomic E-state index is 14.5. The smallest absolute Gasteiger partial charge is 0.336 e. The number of benzene rings is 3. The fraction of sp³-hybridized carbons (Fsp3) is 0.400. The van der Waals surface area contributed by atoms with Crippen molar-refractivity contribution >= 4 is 41.1 Å². The lowest BCUT2D eigenvalue weighted by molar-refractivity contribution is -0.136. The van der Waals surface area contributed by atoms with Crippen LogP contribution >= 0.6 is 0 Å². The molecule has 2 fully saturated rings. The number of ketones is 1. The van der Waals surface area contributed by atoms with Gasteiger partial charge in [-0.2, -0.15) is 0 Å². The molecule has 3 heterocycles. The van der Waals surface area contributed by atoms with Crippen molar-refractivity contribution in [2.24, 2.45) is 11.8 Å². The fourth-order valence-corrected chi connectivity index (χ4v) is 7.38. The lowest BCUT2D eigenvalue weighted by atomic mass is 9.76. The number of carboxylic acid groups (broad SMARTS) is 1. The summed E-state index contributed by atoms with van der Waals surface area (Å²) in [5.41, 5.74) is 2.28. The summed E-state index contributed by atoms with van der Waals surface area (Å²) in [6.07, 6.45) is 0. The van der Waals surface area contributed by atoms with Gasteiger partial charge in [-0.3, -0.25) is 24.0 Å². The van der Waals surface area contributed by atoms with Gasteiger partial charge in [-0.25, -0.2) is 4.79 Å². The highest BCUT2D eigenvalue weighted by atomic mass is 16.4. The number of carbonyl (C=O) groups is 6. The van der Waals surface area contributed by atoms with Gasteiger partial charge in [0.1, 0.15) is 0 Å². The van der Waals surface area contributed by atoms with E-state index in [4.69, 9.17) is 0 Å². The number of amides is 4. The van der Waals surface area contributed by atoms with Crippen LogP contribution in [0.25, 0.3) is 0 Å². The molecule has 0 aliphatic carbocycles. The molecule has 2 N–H and O–H groups in total. The van der Waals surface area contributed by atoms with E-state index in [2.05, 4.69) is 5.32 Å². The van der Waals surface area contributed by atoms with E-state index in [0.717, 1.165) is 0 Å². The van der Waals surface area contributed by atoms with Crippen molar-refractivity contribution in [2.45, 2.75) is 39.7 Å². The molecule has 4 amide bonds. The highest BCUT2D eigenvalue weighted by Gasteiger charge is 2.40. The number of aromatic carboxylic acids is 1. The maximum Gasteiger partial charge on any atom is 0.336 e. The molecule has 3 aromatic carbocycles. The van der Waals surface area contributed by atoms with Crippen LogP contribution in [0.15, 0.2) is 66.7 Å². The average Bonchev–Trinajstić information content (AvgIpc) is 3.16. The fourth-order valence-electron chi connectivity index (χ4n) is 7.38. The predicted octanol–water partition coefficient (Wildman–Crippen LogP) is 4.40. The number of hydrogen-bond acceptors (Lipinski definition) is 7. The van der Waals surface area contributed by atoms with Crippen molar-refractivity contribution in [1.29, 1.82) is 0 Å². The number of hydrogen-bond donors (Lipinski definition) is 2. The Labute approximate surface area is 303 Å². The summed E-state index contributed by atoms with van der Waals surface area (Å²) in [5, 5.41) is 13.4. The lowest BCUT2D eigenvalue weighted by Gasteiger charge is -2.37. The van der Waals surface area contributed by atoms with E-state index in [1.54, 1.807) is 74.2 Å². The summed E-state index contributed by atoms with van der Waals surface area (Å²) in [5.74, 6) is -3.12. The molecular weight excluding hydrogens is 662 g/mol. The van der Waals surface area contributed by atoms with E-state index < -0.39 is 23.7 Å². The Morgan fingerprint density at radius 2 is 1.08 bits per heavy atom. The van der Waals surface area contributed by atoms with E-state index in [9.17, 15) is 33.9 Å². The van der Waals surface area contributed by atoms with Crippen LogP contribution in [-0.2, 0) is 9.59 Å². The number of carboxylic acids is 1. The Morgan fingerprint density at radius 3 is 1.56 bits per heavy atom. The van der Waals surface area contributed by atoms with Gasteiger partial charge in [0, 0.05) is 81.0 Å². The first-order valence-electron chi connectivity index (χ1n) is 17.9. The molecule has 0 saturated carbocycles. The van der Waals surface area contributed by atoms with Crippen molar-refractivity contribution < 1.29 is 33.9 Å². The van der Waals surface area contributed by atoms with Gasteiger partial charge in [-0.15, -0.1) is 0 Å². The van der Waals surface area contributed by atoms with E-state index in [-0.39, 0.29) is 46.6 Å². The molecule has 52 heavy (non-hydrogen) atoms. The minimum atomic E-state index is -1.23. The molecule has 2 atom stereocenters. The second-order valence-electron chi connectivity index (χ2n) is 14.3. The summed E-state index contributed by atoms with van der Waals surface area (Å²) in [4.78, 5) is 86.3. The number of carbonyl (C=O) groups excluding carboxylic acids is 5. The second kappa shape index (κ2) is 15.0. The van der Waals surface area contributed by atoms with Crippen LogP contribution in [0.3, 0.4) is 0 Å². The van der Waals surface area contributed by atoms with Crippen LogP contribution in [0.1, 0.15) is 92.2 Å². The van der Waals surface area contributed by atoms with Crippen molar-refractivity contribution in [3.8, 4) is 0 Å². The van der Waals surface area contributed by atoms with Crippen LogP contribution in [-0.4, -0.2) is 112 Å². The first-order chi connectivity index (χ1) is 24.8. The maximum absolute atomic E-state index is 14.5. The Kier molecular flexibility index (Phi) is 10.5. The number of anilines is 1. The molecule has 2 saturated heterocycles. The quantitative estimate of drug-likeness (QED) is 0.368. The van der Waals surface area contributed by atoms with Crippen LogP contribution in [0.2, 0.25) is 0 Å². The summed E-state index contributed by atoms with van der Waals surface area (Å²) < 4.78 is 0. The van der Waals surface area contributed by atoms with Crippen molar-refractivity contribution in [3.63, 3.8) is 0 Å². The molecule has 6 rings (SSSR count). The van der Waals surface area contributed by atoms with Gasteiger partial charge in [-0.1, -0.05) is 58.0 Å². The molecule has 12 heteroatoms. The number of nitrogens with one attached hydrogen (secondary N) is 1. The average molecular weight is 708 g/mol. The van der Waals surface area contributed by atoms with Gasteiger partial charge in [0.05, 0.1) is 23.1 Å². The van der Waals surface area contributed by atoms with Gasteiger partial charge >= 0.3 is 5.97 Å². The number of nitrogens with zero attached hydrogens (tertiary/aromatic N) is 4. The van der Waals surface area contributed by atoms with Crippen LogP contribution < -0.4 is 5.32 Å². The summed E-state index contributed by atoms with van der Waals surface area (Å²) in [7, 11) is 0. The first-order valence-corrected chi connectivity index (χ1v) is 17.9. The zero-order valence-electron chi connectivity index (χ0n) is 30.0. The summed E-state index contributed by atoms with van der Waals surface area (Å²) in [6.45, 7) is 10.8. The molecule has 3 aliphatic rings. The zero-order chi connectivity index (χ0) is 37.3. The van der Waals surface area contributed by atoms with Crippen LogP contribution in [0.5, 0.6) is 0 Å². The second-order valence-corrected chi connectivity index (χ2v) is 14.3. The van der Waals surface area contributed by atoms with E-state index >= 15 is 0 Å². The standard InChI is InChI=1S/C40H45N5O7/c1-24(2)36(47)42-14-18-44(19-15-42)38(49)28-10-5-8-26(22-28)32-34(41-31-13-7-12-30(40(51)52)33(31)35(32)46)27-9-6-11-29(23-27)39(50)45-20-16-43(17-21-45)37(48)25(3)4/h5-13,22-25,32,34,41H,14-21H2,1-4H3,(H,51,52). The van der Waals surface area contributed by atoms with Crippen molar-refractivity contribution in [1.82, 2.24) is 19.6 Å². The third-order valence-corrected chi connectivity index (χ3v) is 10.2. The van der Waals surface area contributed by atoms with Crippen LogP contribution in [0, 0.1) is 11.8 Å². The van der Waals surface area contributed by atoms with Crippen molar-refractivity contribution in [3.05, 3.63) is 100 Å². The van der Waals surface area contributed by atoms with Crippen molar-refractivity contribution in [2.75, 3.05) is 57.7 Å². The molecule has 0 spiro atoms. The van der Waals surface area contributed by atoms with E-state index in [0.29, 0.717) is 80.3 Å². The molecule has 0 bridgehead atoms. The predicted molar refractivity (Wildman–Crippen MR) is 194 cm³/mol. The van der Waals surface area contributed by atoms with E-state index in [1.165, 1.54) is 6.07 Å². The lowest BCUT2D eigenvalue weighted by Crippen LogP contribution is -2.51. The first kappa shape index (κ1) is 36.3. The number of rotatable bonds is 7. The van der Waals surface area contributed by atoms with Gasteiger partial charge in [0.2, 0.25) is 11.8 Å². The topological polar surface area (TPSA) is 148 Å². The third kappa shape index (κ3) is 7.15. The van der Waals surface area contributed by atoms with Gasteiger partial charge in [-0.05, 0) is 47.5 Å². The molecule has 0 radical (unpaired) electrons. The summed E-state index contributed by atoms with van der Waals surface area (Å²) in [6, 6.07) is 17.9. The normalized spacial score (nSPS) is 19.0. The van der Waals surface area contributed by atoms with E-state index in [1.807, 2.05) is 33.8 Å². The molecule has 3 aliphatic heterocycles. The molecular formula is C40H45N5O7. The molecule has 2 unspecified atom stereocenters. The number of Topliss-reactive ketones (excluding diaryl/α,β-unsaturated/α-hetero) is 1. The monoisotopic (exact) mass is 707 g/mol. The Morgan fingerprint density at radius 1 is 0.635 bits per heavy atom. The highest BCUT2D eigenvalue weighted by molar-refractivity contribution is 6.14. The Bertz CT molecular complexity index is 1910. The highest BCUT2D eigenvalue weighted by Crippen LogP contribution is 2.44. The molecule has 3 aromatic rings.